The topological polar surface area (TPSA) is 97.6 Å². The van der Waals surface area contributed by atoms with Crippen molar-refractivity contribution in [1.29, 1.82) is 0 Å². The zero-order valence-corrected chi connectivity index (χ0v) is 19.7. The number of allylic oxidation sites excluding steroid dienone is 1. The normalized spacial score (nSPS) is 17.9. The highest BCUT2D eigenvalue weighted by atomic mass is 32.1. The smallest absolute Gasteiger partial charge is 0.338 e. The Morgan fingerprint density at radius 1 is 1.09 bits per heavy atom. The number of hydrogen-bond donors (Lipinski definition) is 0. The fourth-order valence-corrected chi connectivity index (χ4v) is 5.39. The fraction of sp³-hybridized carbons (Fsp3) is 0.240. The SMILES string of the molecule is CCOC(=O)C1=C(C)N=c2s/c(=C/c3ccc4c(c3)OCO4)c(=O)n2C1c1ccc2c(c1)OCO2. The first-order valence-electron chi connectivity index (χ1n) is 11.0. The predicted molar refractivity (Wildman–Crippen MR) is 126 cm³/mol. The maximum atomic E-state index is 13.7. The van der Waals surface area contributed by atoms with Gasteiger partial charge in [-0.3, -0.25) is 9.36 Å². The van der Waals surface area contributed by atoms with Crippen molar-refractivity contribution in [3.05, 3.63) is 78.5 Å². The molecule has 0 radical (unpaired) electrons. The van der Waals surface area contributed by atoms with E-state index in [1.807, 2.05) is 24.3 Å². The predicted octanol–water partition coefficient (Wildman–Crippen LogP) is 2.26. The summed E-state index contributed by atoms with van der Waals surface area (Å²) in [6, 6.07) is 10.2. The molecule has 0 aliphatic carbocycles. The van der Waals surface area contributed by atoms with Gasteiger partial charge in [0.1, 0.15) is 0 Å². The van der Waals surface area contributed by atoms with Crippen LogP contribution in [0.3, 0.4) is 0 Å². The van der Waals surface area contributed by atoms with E-state index in [2.05, 4.69) is 4.99 Å². The minimum absolute atomic E-state index is 0.122. The van der Waals surface area contributed by atoms with Crippen LogP contribution in [-0.4, -0.2) is 30.7 Å². The molecule has 1 unspecified atom stereocenters. The van der Waals surface area contributed by atoms with Gasteiger partial charge < -0.3 is 23.7 Å². The molecule has 0 saturated carbocycles. The Balaban J connectivity index is 1.53. The highest BCUT2D eigenvalue weighted by Crippen LogP contribution is 2.38. The first kappa shape index (κ1) is 21.5. The number of rotatable bonds is 4. The molecule has 10 heteroatoms. The fourth-order valence-electron chi connectivity index (χ4n) is 4.34. The average molecular weight is 493 g/mol. The molecule has 4 heterocycles. The van der Waals surface area contributed by atoms with Crippen molar-refractivity contribution < 1.29 is 28.5 Å². The van der Waals surface area contributed by atoms with Gasteiger partial charge in [0.2, 0.25) is 13.6 Å². The molecule has 2 aromatic carbocycles. The summed E-state index contributed by atoms with van der Waals surface area (Å²) in [6.45, 7) is 3.99. The number of nitrogens with zero attached hydrogens (tertiary/aromatic N) is 2. The third kappa shape index (κ3) is 3.57. The highest BCUT2D eigenvalue weighted by Gasteiger charge is 2.34. The molecule has 9 nitrogen and oxygen atoms in total. The van der Waals surface area contributed by atoms with Gasteiger partial charge in [0.05, 0.1) is 28.5 Å². The van der Waals surface area contributed by atoms with E-state index in [-0.39, 0.29) is 25.8 Å². The van der Waals surface area contributed by atoms with E-state index in [1.165, 1.54) is 11.3 Å². The minimum atomic E-state index is -0.723. The zero-order valence-electron chi connectivity index (χ0n) is 18.9. The molecule has 0 spiro atoms. The number of ether oxygens (including phenoxy) is 5. The van der Waals surface area contributed by atoms with Crippen LogP contribution >= 0.6 is 11.3 Å². The Kier molecular flexibility index (Phi) is 5.10. The van der Waals surface area contributed by atoms with Crippen LogP contribution < -0.4 is 33.8 Å². The van der Waals surface area contributed by atoms with Gasteiger partial charge in [0, 0.05) is 0 Å². The second kappa shape index (κ2) is 8.31. The van der Waals surface area contributed by atoms with Crippen molar-refractivity contribution in [2.75, 3.05) is 20.2 Å². The van der Waals surface area contributed by atoms with Gasteiger partial charge >= 0.3 is 5.97 Å². The van der Waals surface area contributed by atoms with Gasteiger partial charge in [-0.05, 0) is 55.3 Å². The van der Waals surface area contributed by atoms with Crippen LogP contribution in [0.15, 0.2) is 57.5 Å². The lowest BCUT2D eigenvalue weighted by atomic mass is 9.95. The second-order valence-electron chi connectivity index (χ2n) is 8.03. The maximum Gasteiger partial charge on any atom is 0.338 e. The van der Waals surface area contributed by atoms with Crippen LogP contribution in [0.25, 0.3) is 6.08 Å². The first-order valence-corrected chi connectivity index (χ1v) is 11.8. The third-order valence-electron chi connectivity index (χ3n) is 5.92. The molecular weight excluding hydrogens is 472 g/mol. The van der Waals surface area contributed by atoms with E-state index in [1.54, 1.807) is 36.6 Å². The Hall–Kier alpha value is -4.05. The molecule has 3 aliphatic heterocycles. The summed E-state index contributed by atoms with van der Waals surface area (Å²) in [5.41, 5.74) is 2.04. The number of carbonyl (C=O) groups is 1. The summed E-state index contributed by atoms with van der Waals surface area (Å²) in [4.78, 5) is 31.8. The van der Waals surface area contributed by atoms with Crippen molar-refractivity contribution in [2.24, 2.45) is 4.99 Å². The molecule has 0 amide bonds. The molecule has 3 aliphatic rings. The third-order valence-corrected chi connectivity index (χ3v) is 6.91. The molecule has 6 rings (SSSR count). The average Bonchev–Trinajstić information content (AvgIpc) is 3.57. The number of hydrogen-bond acceptors (Lipinski definition) is 9. The zero-order chi connectivity index (χ0) is 24.1. The minimum Gasteiger partial charge on any atom is -0.463 e. The molecule has 0 N–H and O–H groups in total. The van der Waals surface area contributed by atoms with Gasteiger partial charge in [-0.25, -0.2) is 9.79 Å². The number of thiazole rings is 1. The first-order chi connectivity index (χ1) is 17.0. The van der Waals surface area contributed by atoms with Gasteiger partial charge in [0.15, 0.2) is 27.8 Å². The van der Waals surface area contributed by atoms with Crippen molar-refractivity contribution in [3.63, 3.8) is 0 Å². The van der Waals surface area contributed by atoms with Crippen molar-refractivity contribution in [2.45, 2.75) is 19.9 Å². The molecule has 0 fully saturated rings. The van der Waals surface area contributed by atoms with Gasteiger partial charge in [0.25, 0.3) is 5.56 Å². The second-order valence-corrected chi connectivity index (χ2v) is 9.04. The summed E-state index contributed by atoms with van der Waals surface area (Å²) in [5, 5.41) is 0. The van der Waals surface area contributed by atoms with Crippen LogP contribution in [0.5, 0.6) is 23.0 Å². The molecular formula is C25H20N2O7S. The Bertz CT molecular complexity index is 1580. The lowest BCUT2D eigenvalue weighted by Crippen LogP contribution is -2.39. The van der Waals surface area contributed by atoms with Crippen molar-refractivity contribution in [1.82, 2.24) is 4.57 Å². The van der Waals surface area contributed by atoms with E-state index in [4.69, 9.17) is 23.7 Å². The van der Waals surface area contributed by atoms with Crippen molar-refractivity contribution >= 4 is 23.4 Å². The summed E-state index contributed by atoms with van der Waals surface area (Å²) < 4.78 is 29.2. The van der Waals surface area contributed by atoms with E-state index in [0.717, 1.165) is 5.56 Å². The number of benzene rings is 2. The quantitative estimate of drug-likeness (QED) is 0.516. The summed E-state index contributed by atoms with van der Waals surface area (Å²) >= 11 is 1.26. The molecule has 1 atom stereocenters. The molecule has 0 bridgehead atoms. The molecule has 178 valence electrons. The standard InChI is InChI=1S/C25H20N2O7S/c1-3-30-24(29)21-13(2)26-25-27(22(21)15-5-7-17-19(10-15)34-12-32-17)23(28)20(35-25)9-14-4-6-16-18(8-14)33-11-31-16/h4-10,22H,3,11-12H2,1-2H3/b20-9+. The van der Waals surface area contributed by atoms with Gasteiger partial charge in [-0.1, -0.05) is 23.5 Å². The van der Waals surface area contributed by atoms with Crippen LogP contribution in [0.2, 0.25) is 0 Å². The van der Waals surface area contributed by atoms with Crippen LogP contribution in [-0.2, 0) is 9.53 Å². The van der Waals surface area contributed by atoms with Crippen molar-refractivity contribution in [3.8, 4) is 23.0 Å². The molecule has 0 saturated heterocycles. The largest absolute Gasteiger partial charge is 0.463 e. The summed E-state index contributed by atoms with van der Waals surface area (Å²) in [5.74, 6) is 1.96. The Morgan fingerprint density at radius 3 is 2.51 bits per heavy atom. The van der Waals surface area contributed by atoms with E-state index < -0.39 is 12.0 Å². The summed E-state index contributed by atoms with van der Waals surface area (Å²) in [7, 11) is 0. The Morgan fingerprint density at radius 2 is 1.77 bits per heavy atom. The molecule has 35 heavy (non-hydrogen) atoms. The van der Waals surface area contributed by atoms with E-state index >= 15 is 0 Å². The molecule has 1 aromatic heterocycles. The number of aromatic nitrogens is 1. The van der Waals surface area contributed by atoms with Crippen LogP contribution in [0, 0.1) is 0 Å². The van der Waals surface area contributed by atoms with Crippen LogP contribution in [0.4, 0.5) is 0 Å². The van der Waals surface area contributed by atoms with E-state index in [9.17, 15) is 9.59 Å². The van der Waals surface area contributed by atoms with Gasteiger partial charge in [-0.15, -0.1) is 0 Å². The van der Waals surface area contributed by atoms with E-state index in [0.29, 0.717) is 49.2 Å². The van der Waals surface area contributed by atoms with Crippen LogP contribution in [0.1, 0.15) is 31.0 Å². The van der Waals surface area contributed by atoms with Gasteiger partial charge in [-0.2, -0.15) is 0 Å². The summed E-state index contributed by atoms with van der Waals surface area (Å²) in [6.07, 6.45) is 1.78. The lowest BCUT2D eigenvalue weighted by molar-refractivity contribution is -0.139. The monoisotopic (exact) mass is 492 g/mol. The number of carbonyl (C=O) groups excluding carboxylic acids is 1. The highest BCUT2D eigenvalue weighted by molar-refractivity contribution is 7.07. The Labute approximate surface area is 203 Å². The molecule has 3 aromatic rings. The maximum absolute atomic E-state index is 13.7. The number of esters is 1. The lowest BCUT2D eigenvalue weighted by Gasteiger charge is -2.24. The number of fused-ring (bicyclic) bond motifs is 3.